The molecule has 2 heterocycles. The van der Waals surface area contributed by atoms with Crippen LogP contribution in [-0.2, 0) is 6.54 Å². The first-order chi connectivity index (χ1) is 14.2. The quantitative estimate of drug-likeness (QED) is 0.712. The number of likely N-dealkylation sites (tertiary alicyclic amines) is 1. The van der Waals surface area contributed by atoms with Crippen LogP contribution in [0.15, 0.2) is 52.1 Å². The number of carbonyl (C=O) groups is 1. The standard InChI is InChI=1S/C21H18F3N3O3/c22-16-6-5-13(11-15(16)19(29)26-9-7-21(23,24)8-10-26)12-27-17-4-2-1-3-14(17)18(28)25-20(27)30/h1-6,11H,7-10,12H2,(H,25,28,30). The molecule has 1 aliphatic rings. The minimum Gasteiger partial charge on any atom is -0.338 e. The van der Waals surface area contributed by atoms with Gasteiger partial charge in [0.25, 0.3) is 17.4 Å². The Kier molecular flexibility index (Phi) is 4.97. The molecule has 1 amide bonds. The van der Waals surface area contributed by atoms with Crippen molar-refractivity contribution in [2.75, 3.05) is 13.1 Å². The molecule has 0 atom stereocenters. The van der Waals surface area contributed by atoms with E-state index < -0.39 is 41.7 Å². The second-order valence-electron chi connectivity index (χ2n) is 7.32. The monoisotopic (exact) mass is 417 g/mol. The Morgan fingerprint density at radius 3 is 2.50 bits per heavy atom. The van der Waals surface area contributed by atoms with Crippen molar-refractivity contribution in [3.8, 4) is 0 Å². The fraction of sp³-hybridized carbons (Fsp3) is 0.286. The van der Waals surface area contributed by atoms with Crippen LogP contribution < -0.4 is 11.2 Å². The number of hydrogen-bond acceptors (Lipinski definition) is 3. The highest BCUT2D eigenvalue weighted by Gasteiger charge is 2.36. The summed E-state index contributed by atoms with van der Waals surface area (Å²) in [6.07, 6.45) is -0.919. The van der Waals surface area contributed by atoms with E-state index in [9.17, 15) is 27.6 Å². The summed E-state index contributed by atoms with van der Waals surface area (Å²) in [6, 6.07) is 10.4. The van der Waals surface area contributed by atoms with Gasteiger partial charge in [-0.2, -0.15) is 0 Å². The van der Waals surface area contributed by atoms with Gasteiger partial charge in [0, 0.05) is 25.9 Å². The zero-order valence-corrected chi connectivity index (χ0v) is 15.8. The van der Waals surface area contributed by atoms with Gasteiger partial charge in [-0.05, 0) is 29.8 Å². The van der Waals surface area contributed by atoms with Gasteiger partial charge in [-0.3, -0.25) is 19.1 Å². The van der Waals surface area contributed by atoms with E-state index in [1.807, 2.05) is 0 Å². The lowest BCUT2D eigenvalue weighted by atomic mass is 10.0. The molecule has 0 saturated carbocycles. The third-order valence-electron chi connectivity index (χ3n) is 5.29. The molecule has 30 heavy (non-hydrogen) atoms. The zero-order chi connectivity index (χ0) is 21.5. The van der Waals surface area contributed by atoms with Gasteiger partial charge >= 0.3 is 5.69 Å². The van der Waals surface area contributed by atoms with E-state index in [0.717, 1.165) is 6.07 Å². The average Bonchev–Trinajstić information content (AvgIpc) is 2.72. The lowest BCUT2D eigenvalue weighted by Gasteiger charge is -2.31. The maximum atomic E-state index is 14.3. The number of amides is 1. The zero-order valence-electron chi connectivity index (χ0n) is 15.8. The highest BCUT2D eigenvalue weighted by Crippen LogP contribution is 2.28. The van der Waals surface area contributed by atoms with E-state index in [-0.39, 0.29) is 25.2 Å². The molecule has 9 heteroatoms. The molecule has 2 aromatic carbocycles. The summed E-state index contributed by atoms with van der Waals surface area (Å²) in [5.41, 5.74) is -0.513. The fourth-order valence-corrected chi connectivity index (χ4v) is 3.62. The van der Waals surface area contributed by atoms with Crippen molar-refractivity contribution in [2.24, 2.45) is 0 Å². The lowest BCUT2D eigenvalue weighted by Crippen LogP contribution is -2.43. The maximum absolute atomic E-state index is 14.3. The number of carbonyl (C=O) groups excluding carboxylic acids is 1. The van der Waals surface area contributed by atoms with Crippen molar-refractivity contribution in [2.45, 2.75) is 25.3 Å². The summed E-state index contributed by atoms with van der Waals surface area (Å²) in [4.78, 5) is 40.5. The highest BCUT2D eigenvalue weighted by molar-refractivity contribution is 5.94. The predicted molar refractivity (Wildman–Crippen MR) is 104 cm³/mol. The Morgan fingerprint density at radius 2 is 1.77 bits per heavy atom. The number of rotatable bonds is 3. The van der Waals surface area contributed by atoms with Crippen LogP contribution in [0.3, 0.4) is 0 Å². The molecule has 1 aromatic heterocycles. The molecule has 4 rings (SSSR count). The third kappa shape index (κ3) is 3.74. The molecule has 0 aliphatic carbocycles. The molecule has 0 spiro atoms. The van der Waals surface area contributed by atoms with Gasteiger partial charge in [0.2, 0.25) is 0 Å². The molecular weight excluding hydrogens is 399 g/mol. The molecule has 0 bridgehead atoms. The molecule has 1 saturated heterocycles. The summed E-state index contributed by atoms with van der Waals surface area (Å²) >= 11 is 0. The number of alkyl halides is 2. The van der Waals surface area contributed by atoms with Gasteiger partial charge in [-0.25, -0.2) is 18.0 Å². The Morgan fingerprint density at radius 1 is 1.07 bits per heavy atom. The van der Waals surface area contributed by atoms with Crippen LogP contribution in [0.25, 0.3) is 10.9 Å². The Hall–Kier alpha value is -3.36. The predicted octanol–water partition coefficient (Wildman–Crippen LogP) is 2.75. The SMILES string of the molecule is O=C(c1cc(Cn2c(=O)[nH]c(=O)c3ccccc32)ccc1F)N1CCC(F)(F)CC1. The summed E-state index contributed by atoms with van der Waals surface area (Å²) < 4.78 is 42.4. The number of halogens is 3. The van der Waals surface area contributed by atoms with Gasteiger partial charge in [0.05, 0.1) is 23.0 Å². The van der Waals surface area contributed by atoms with E-state index in [4.69, 9.17) is 0 Å². The molecular formula is C21H18F3N3O3. The van der Waals surface area contributed by atoms with Crippen LogP contribution in [0.1, 0.15) is 28.8 Å². The van der Waals surface area contributed by atoms with Crippen molar-refractivity contribution >= 4 is 16.8 Å². The maximum Gasteiger partial charge on any atom is 0.329 e. The first-order valence-electron chi connectivity index (χ1n) is 9.42. The van der Waals surface area contributed by atoms with Crippen LogP contribution in [-0.4, -0.2) is 39.4 Å². The topological polar surface area (TPSA) is 75.2 Å². The van der Waals surface area contributed by atoms with Gasteiger partial charge in [0.15, 0.2) is 0 Å². The van der Waals surface area contributed by atoms with Crippen LogP contribution >= 0.6 is 0 Å². The van der Waals surface area contributed by atoms with E-state index in [0.29, 0.717) is 16.5 Å². The largest absolute Gasteiger partial charge is 0.338 e. The molecule has 0 radical (unpaired) electrons. The molecule has 1 aliphatic heterocycles. The van der Waals surface area contributed by atoms with Gasteiger partial charge in [0.1, 0.15) is 5.82 Å². The number of aromatic nitrogens is 2. The minimum absolute atomic E-state index is 0.00520. The summed E-state index contributed by atoms with van der Waals surface area (Å²) in [7, 11) is 0. The van der Waals surface area contributed by atoms with E-state index in [1.54, 1.807) is 24.3 Å². The van der Waals surface area contributed by atoms with Crippen LogP contribution in [0.4, 0.5) is 13.2 Å². The van der Waals surface area contributed by atoms with Crippen molar-refractivity contribution in [3.05, 3.63) is 80.2 Å². The number of aromatic amines is 1. The normalized spacial score (nSPS) is 16.0. The number of H-pyrrole nitrogens is 1. The summed E-state index contributed by atoms with van der Waals surface area (Å²) in [5, 5.41) is 0.324. The van der Waals surface area contributed by atoms with Crippen LogP contribution in [0.5, 0.6) is 0 Å². The van der Waals surface area contributed by atoms with E-state index >= 15 is 0 Å². The molecule has 1 fully saturated rings. The Labute approximate surface area is 168 Å². The van der Waals surface area contributed by atoms with E-state index in [1.165, 1.54) is 21.6 Å². The second kappa shape index (κ2) is 7.47. The van der Waals surface area contributed by atoms with Crippen molar-refractivity contribution in [1.82, 2.24) is 14.5 Å². The number of benzene rings is 2. The van der Waals surface area contributed by atoms with Gasteiger partial charge < -0.3 is 4.90 Å². The third-order valence-corrected chi connectivity index (χ3v) is 5.29. The molecule has 1 N–H and O–H groups in total. The summed E-state index contributed by atoms with van der Waals surface area (Å²) in [5.74, 6) is -4.24. The Bertz CT molecular complexity index is 1240. The number of nitrogens with zero attached hydrogens (tertiary/aromatic N) is 2. The van der Waals surface area contributed by atoms with Crippen LogP contribution in [0, 0.1) is 5.82 Å². The first kappa shape index (κ1) is 19.9. The number of piperidine rings is 1. The van der Waals surface area contributed by atoms with Crippen molar-refractivity contribution < 1.29 is 18.0 Å². The number of fused-ring (bicyclic) bond motifs is 1. The van der Waals surface area contributed by atoms with Crippen molar-refractivity contribution in [3.63, 3.8) is 0 Å². The fourth-order valence-electron chi connectivity index (χ4n) is 3.62. The number of nitrogens with one attached hydrogen (secondary N) is 1. The number of hydrogen-bond donors (Lipinski definition) is 1. The number of para-hydroxylation sites is 1. The summed E-state index contributed by atoms with van der Waals surface area (Å²) in [6.45, 7) is -0.312. The van der Waals surface area contributed by atoms with Gasteiger partial charge in [-0.15, -0.1) is 0 Å². The smallest absolute Gasteiger partial charge is 0.329 e. The Balaban J connectivity index is 1.67. The molecule has 0 unspecified atom stereocenters. The average molecular weight is 417 g/mol. The molecule has 3 aromatic rings. The highest BCUT2D eigenvalue weighted by atomic mass is 19.3. The molecule has 6 nitrogen and oxygen atoms in total. The van der Waals surface area contributed by atoms with Crippen LogP contribution in [0.2, 0.25) is 0 Å². The van der Waals surface area contributed by atoms with Gasteiger partial charge in [-0.1, -0.05) is 18.2 Å². The van der Waals surface area contributed by atoms with E-state index in [2.05, 4.69) is 4.98 Å². The first-order valence-corrected chi connectivity index (χ1v) is 9.42. The van der Waals surface area contributed by atoms with Crippen molar-refractivity contribution in [1.29, 1.82) is 0 Å². The lowest BCUT2D eigenvalue weighted by molar-refractivity contribution is -0.0494. The molecule has 156 valence electrons. The minimum atomic E-state index is -2.82. The second-order valence-corrected chi connectivity index (χ2v) is 7.32.